The van der Waals surface area contributed by atoms with Crippen molar-refractivity contribution in [2.24, 2.45) is 0 Å². The molecular formula is C45H27N3O. The highest BCUT2D eigenvalue weighted by atomic mass is 16.3. The maximum absolute atomic E-state index is 6.48. The van der Waals surface area contributed by atoms with Gasteiger partial charge < -0.3 is 4.42 Å². The number of nitrogens with zero attached hydrogens (tertiary/aromatic N) is 3. The quantitative estimate of drug-likeness (QED) is 0.183. The second-order valence-corrected chi connectivity index (χ2v) is 12.4. The van der Waals surface area contributed by atoms with Crippen LogP contribution in [0.5, 0.6) is 0 Å². The Hall–Kier alpha value is -6.65. The molecule has 0 aliphatic rings. The first-order chi connectivity index (χ1) is 24.3. The summed E-state index contributed by atoms with van der Waals surface area (Å²) >= 11 is 0. The van der Waals surface area contributed by atoms with Crippen LogP contribution in [0, 0.1) is 0 Å². The molecule has 0 N–H and O–H groups in total. The number of aromatic nitrogens is 3. The molecule has 0 saturated carbocycles. The third-order valence-corrected chi connectivity index (χ3v) is 9.49. The highest BCUT2D eigenvalue weighted by Crippen LogP contribution is 2.43. The van der Waals surface area contributed by atoms with E-state index in [0.29, 0.717) is 17.5 Å². The van der Waals surface area contributed by atoms with Crippen molar-refractivity contribution in [3.63, 3.8) is 0 Å². The molecule has 0 saturated heterocycles. The average Bonchev–Trinajstić information content (AvgIpc) is 3.54. The van der Waals surface area contributed by atoms with Crippen LogP contribution in [0.25, 0.3) is 99.5 Å². The second kappa shape index (κ2) is 11.0. The standard InChI is InChI=1S/C45H27N3O/c1-2-13-29(14-3-1)43-46-44(32-23-22-28-12-4-5-15-30(28)24-32)48-45(47-43)40-26-39-36-20-10-11-21-41(36)49-42(39)27-38(40)37-25-31-16-6-7-17-33(31)34-18-8-9-19-35(34)37/h1-27H. The summed E-state index contributed by atoms with van der Waals surface area (Å²) in [6, 6.07) is 56.9. The lowest BCUT2D eigenvalue weighted by Crippen LogP contribution is -2.01. The third-order valence-electron chi connectivity index (χ3n) is 9.49. The van der Waals surface area contributed by atoms with E-state index in [2.05, 4.69) is 121 Å². The Morgan fingerprint density at radius 2 is 0.939 bits per heavy atom. The van der Waals surface area contributed by atoms with E-state index < -0.39 is 0 Å². The van der Waals surface area contributed by atoms with Gasteiger partial charge in [0.15, 0.2) is 17.5 Å². The molecule has 2 aromatic heterocycles. The molecule has 10 aromatic rings. The van der Waals surface area contributed by atoms with Gasteiger partial charge in [0.05, 0.1) is 0 Å². The number of fused-ring (bicyclic) bond motifs is 7. The largest absolute Gasteiger partial charge is 0.456 e. The van der Waals surface area contributed by atoms with E-state index >= 15 is 0 Å². The zero-order valence-electron chi connectivity index (χ0n) is 26.3. The van der Waals surface area contributed by atoms with Gasteiger partial charge in [-0.25, -0.2) is 15.0 Å². The fourth-order valence-electron chi connectivity index (χ4n) is 7.13. The molecule has 49 heavy (non-hydrogen) atoms. The zero-order chi connectivity index (χ0) is 32.3. The monoisotopic (exact) mass is 625 g/mol. The Balaban J connectivity index is 1.31. The fraction of sp³-hybridized carbons (Fsp3) is 0. The Kier molecular flexibility index (Phi) is 6.15. The van der Waals surface area contributed by atoms with Crippen molar-refractivity contribution in [1.82, 2.24) is 15.0 Å². The summed E-state index contributed by atoms with van der Waals surface area (Å²) in [6.45, 7) is 0. The van der Waals surface area contributed by atoms with Crippen LogP contribution in [0.15, 0.2) is 168 Å². The minimum Gasteiger partial charge on any atom is -0.456 e. The Labute approximate surface area is 282 Å². The van der Waals surface area contributed by atoms with Crippen molar-refractivity contribution in [2.75, 3.05) is 0 Å². The summed E-state index contributed by atoms with van der Waals surface area (Å²) in [5.74, 6) is 1.86. The molecule has 4 nitrogen and oxygen atoms in total. The smallest absolute Gasteiger partial charge is 0.164 e. The first kappa shape index (κ1) is 27.5. The molecule has 0 unspecified atom stereocenters. The van der Waals surface area contributed by atoms with Crippen LogP contribution >= 0.6 is 0 Å². The van der Waals surface area contributed by atoms with E-state index in [1.54, 1.807) is 0 Å². The van der Waals surface area contributed by atoms with Crippen molar-refractivity contribution >= 4 is 54.3 Å². The van der Waals surface area contributed by atoms with Crippen LogP contribution in [0.4, 0.5) is 0 Å². The highest BCUT2D eigenvalue weighted by molar-refractivity contribution is 6.16. The number of para-hydroxylation sites is 1. The molecule has 0 aliphatic carbocycles. The van der Waals surface area contributed by atoms with Gasteiger partial charge in [0, 0.05) is 27.5 Å². The van der Waals surface area contributed by atoms with E-state index in [0.717, 1.165) is 60.5 Å². The van der Waals surface area contributed by atoms with Gasteiger partial charge in [-0.2, -0.15) is 0 Å². The molecule has 0 aliphatic heterocycles. The van der Waals surface area contributed by atoms with Crippen LogP contribution in [0.1, 0.15) is 0 Å². The highest BCUT2D eigenvalue weighted by Gasteiger charge is 2.21. The van der Waals surface area contributed by atoms with Crippen LogP contribution in [0.2, 0.25) is 0 Å². The maximum Gasteiger partial charge on any atom is 0.164 e. The van der Waals surface area contributed by atoms with Crippen molar-refractivity contribution < 1.29 is 4.42 Å². The molecule has 8 aromatic carbocycles. The van der Waals surface area contributed by atoms with Gasteiger partial charge in [-0.15, -0.1) is 0 Å². The van der Waals surface area contributed by atoms with E-state index in [1.165, 1.54) is 21.5 Å². The van der Waals surface area contributed by atoms with Crippen molar-refractivity contribution in [3.05, 3.63) is 164 Å². The van der Waals surface area contributed by atoms with Gasteiger partial charge in [0.1, 0.15) is 11.2 Å². The molecule has 4 heteroatoms. The molecule has 0 bridgehead atoms. The number of benzene rings is 8. The normalized spacial score (nSPS) is 11.7. The molecule has 10 rings (SSSR count). The summed E-state index contributed by atoms with van der Waals surface area (Å²) in [4.78, 5) is 15.5. The van der Waals surface area contributed by atoms with Crippen LogP contribution in [0.3, 0.4) is 0 Å². The number of hydrogen-bond acceptors (Lipinski definition) is 4. The fourth-order valence-corrected chi connectivity index (χ4v) is 7.13. The summed E-state index contributed by atoms with van der Waals surface area (Å²) in [6.07, 6.45) is 0. The van der Waals surface area contributed by atoms with E-state index in [-0.39, 0.29) is 0 Å². The van der Waals surface area contributed by atoms with Crippen molar-refractivity contribution in [2.45, 2.75) is 0 Å². The Morgan fingerprint density at radius 3 is 1.78 bits per heavy atom. The van der Waals surface area contributed by atoms with Gasteiger partial charge >= 0.3 is 0 Å². The SMILES string of the molecule is c1ccc(-c2nc(-c3ccc4ccccc4c3)nc(-c3cc4c(cc3-c3cc5ccccc5c5ccccc35)oc3ccccc34)n2)cc1. The summed E-state index contributed by atoms with van der Waals surface area (Å²) < 4.78 is 6.48. The predicted molar refractivity (Wildman–Crippen MR) is 201 cm³/mol. The lowest BCUT2D eigenvalue weighted by molar-refractivity contribution is 0.669. The van der Waals surface area contributed by atoms with Crippen molar-refractivity contribution in [3.8, 4) is 45.3 Å². The summed E-state index contributed by atoms with van der Waals surface area (Å²) in [7, 11) is 0. The lowest BCUT2D eigenvalue weighted by Gasteiger charge is -2.15. The minimum atomic E-state index is 0.608. The third kappa shape index (κ3) is 4.57. The van der Waals surface area contributed by atoms with Gasteiger partial charge in [0.2, 0.25) is 0 Å². The zero-order valence-corrected chi connectivity index (χ0v) is 26.3. The van der Waals surface area contributed by atoms with Gasteiger partial charge in [-0.1, -0.05) is 133 Å². The first-order valence-electron chi connectivity index (χ1n) is 16.4. The Bertz CT molecular complexity index is 2890. The van der Waals surface area contributed by atoms with Gasteiger partial charge in [-0.05, 0) is 73.8 Å². The molecule has 2 heterocycles. The van der Waals surface area contributed by atoms with Crippen LogP contribution in [-0.4, -0.2) is 15.0 Å². The van der Waals surface area contributed by atoms with E-state index in [9.17, 15) is 0 Å². The first-order valence-corrected chi connectivity index (χ1v) is 16.4. The molecule has 0 fully saturated rings. The van der Waals surface area contributed by atoms with E-state index in [1.807, 2.05) is 42.5 Å². The summed E-state index contributed by atoms with van der Waals surface area (Å²) in [5.41, 5.74) is 6.56. The molecule has 228 valence electrons. The predicted octanol–water partition coefficient (Wildman–Crippen LogP) is 11.9. The summed E-state index contributed by atoms with van der Waals surface area (Å²) in [5, 5.41) is 9.13. The lowest BCUT2D eigenvalue weighted by atomic mass is 9.90. The number of rotatable bonds is 4. The average molecular weight is 626 g/mol. The number of furan rings is 1. The topological polar surface area (TPSA) is 51.8 Å². The second-order valence-electron chi connectivity index (χ2n) is 12.4. The van der Waals surface area contributed by atoms with Gasteiger partial charge in [-0.3, -0.25) is 0 Å². The minimum absolute atomic E-state index is 0.608. The molecule has 0 spiro atoms. The molecule has 0 atom stereocenters. The molecule has 0 radical (unpaired) electrons. The number of hydrogen-bond donors (Lipinski definition) is 0. The molecule has 0 amide bonds. The van der Waals surface area contributed by atoms with E-state index in [4.69, 9.17) is 19.4 Å². The molecular weight excluding hydrogens is 599 g/mol. The van der Waals surface area contributed by atoms with Gasteiger partial charge in [0.25, 0.3) is 0 Å². The maximum atomic E-state index is 6.48. The van der Waals surface area contributed by atoms with Crippen molar-refractivity contribution in [1.29, 1.82) is 0 Å². The van der Waals surface area contributed by atoms with Crippen LogP contribution < -0.4 is 0 Å². The van der Waals surface area contributed by atoms with Crippen LogP contribution in [-0.2, 0) is 0 Å². The Morgan fingerprint density at radius 1 is 0.306 bits per heavy atom.